The maximum Gasteiger partial charge on any atom is 0.174 e. The highest BCUT2D eigenvalue weighted by Crippen LogP contribution is 2.66. The maximum absolute atomic E-state index is 6.22. The second-order valence-electron chi connectivity index (χ2n) is 8.99. The topological polar surface area (TPSA) is 18.5 Å². The van der Waals surface area contributed by atoms with Crippen molar-refractivity contribution >= 4 is 0 Å². The van der Waals surface area contributed by atoms with Gasteiger partial charge in [-0.2, -0.15) is 0 Å². The molecule has 1 saturated heterocycles. The monoisotopic (exact) mass is 314 g/mol. The molecule has 0 amide bonds. The minimum absolute atomic E-state index is 0.175. The first-order valence-electron chi connectivity index (χ1n) is 9.77. The van der Waals surface area contributed by atoms with E-state index in [1.807, 2.05) is 0 Å². The molecule has 4 aliphatic carbocycles. The van der Waals surface area contributed by atoms with E-state index in [-0.39, 0.29) is 11.2 Å². The normalized spacial score (nSPS) is 47.6. The SMILES string of the molecule is C[C@]12CCCCC1=CC[C@@H]1C2=CC[C@@]2(C)[C@H]1CCC21OCCO1. The Balaban J connectivity index is 1.56. The Hall–Kier alpha value is -0.600. The van der Waals surface area contributed by atoms with Crippen molar-refractivity contribution in [3.05, 3.63) is 23.3 Å². The summed E-state index contributed by atoms with van der Waals surface area (Å²) >= 11 is 0. The van der Waals surface area contributed by atoms with Crippen molar-refractivity contribution in [1.82, 2.24) is 0 Å². The minimum Gasteiger partial charge on any atom is -0.347 e. The fourth-order valence-corrected chi connectivity index (χ4v) is 6.89. The molecule has 0 radical (unpaired) electrons. The van der Waals surface area contributed by atoms with Gasteiger partial charge in [-0.05, 0) is 50.4 Å². The van der Waals surface area contributed by atoms with E-state index in [0.29, 0.717) is 5.41 Å². The van der Waals surface area contributed by atoms with Crippen LogP contribution in [0, 0.1) is 22.7 Å². The molecule has 1 spiro atoms. The predicted octanol–water partition coefficient (Wildman–Crippen LogP) is 5.00. The van der Waals surface area contributed by atoms with Crippen LogP contribution in [0.2, 0.25) is 0 Å². The lowest BCUT2D eigenvalue weighted by molar-refractivity contribution is -0.227. The van der Waals surface area contributed by atoms with Gasteiger partial charge in [0.2, 0.25) is 0 Å². The van der Waals surface area contributed by atoms with Gasteiger partial charge in [0.1, 0.15) is 0 Å². The van der Waals surface area contributed by atoms with Crippen LogP contribution < -0.4 is 0 Å². The second kappa shape index (κ2) is 4.73. The van der Waals surface area contributed by atoms with Crippen molar-refractivity contribution in [2.45, 2.75) is 71.0 Å². The average Bonchev–Trinajstić information content (AvgIpc) is 3.14. The molecule has 5 aliphatic rings. The van der Waals surface area contributed by atoms with Gasteiger partial charge < -0.3 is 9.47 Å². The fourth-order valence-electron chi connectivity index (χ4n) is 6.89. The zero-order valence-corrected chi connectivity index (χ0v) is 14.7. The smallest absolute Gasteiger partial charge is 0.174 e. The van der Waals surface area contributed by atoms with Crippen molar-refractivity contribution in [3.8, 4) is 0 Å². The van der Waals surface area contributed by atoms with E-state index in [4.69, 9.17) is 9.47 Å². The first-order chi connectivity index (χ1) is 11.1. The molecule has 3 fully saturated rings. The molecular formula is C21H30O2. The Kier molecular flexibility index (Phi) is 3.03. The molecule has 5 rings (SSSR count). The third-order valence-electron chi connectivity index (χ3n) is 8.19. The summed E-state index contributed by atoms with van der Waals surface area (Å²) in [6.45, 7) is 6.55. The molecule has 1 aliphatic heterocycles. The van der Waals surface area contributed by atoms with Gasteiger partial charge in [0.15, 0.2) is 5.79 Å². The van der Waals surface area contributed by atoms with Gasteiger partial charge in [-0.3, -0.25) is 0 Å². The van der Waals surface area contributed by atoms with Gasteiger partial charge in [-0.1, -0.05) is 43.6 Å². The van der Waals surface area contributed by atoms with Crippen LogP contribution in [0.25, 0.3) is 0 Å². The minimum atomic E-state index is -0.281. The summed E-state index contributed by atoms with van der Waals surface area (Å²) in [4.78, 5) is 0. The van der Waals surface area contributed by atoms with Crippen molar-refractivity contribution in [2.24, 2.45) is 22.7 Å². The molecular weight excluding hydrogens is 284 g/mol. The molecule has 126 valence electrons. The zero-order chi connectivity index (χ0) is 15.7. The molecule has 0 N–H and O–H groups in total. The van der Waals surface area contributed by atoms with Gasteiger partial charge in [0, 0.05) is 17.3 Å². The molecule has 0 unspecified atom stereocenters. The highest BCUT2D eigenvalue weighted by atomic mass is 16.7. The lowest BCUT2D eigenvalue weighted by Gasteiger charge is -2.54. The maximum atomic E-state index is 6.22. The molecule has 23 heavy (non-hydrogen) atoms. The van der Waals surface area contributed by atoms with Gasteiger partial charge >= 0.3 is 0 Å². The molecule has 2 nitrogen and oxygen atoms in total. The van der Waals surface area contributed by atoms with Crippen LogP contribution in [0.4, 0.5) is 0 Å². The van der Waals surface area contributed by atoms with Crippen molar-refractivity contribution < 1.29 is 9.47 Å². The van der Waals surface area contributed by atoms with Crippen LogP contribution in [0.5, 0.6) is 0 Å². The van der Waals surface area contributed by atoms with Crippen LogP contribution in [0.3, 0.4) is 0 Å². The molecule has 0 aromatic carbocycles. The van der Waals surface area contributed by atoms with Crippen LogP contribution in [-0.2, 0) is 9.47 Å². The van der Waals surface area contributed by atoms with Crippen LogP contribution in [-0.4, -0.2) is 19.0 Å². The van der Waals surface area contributed by atoms with Crippen LogP contribution in [0.15, 0.2) is 23.3 Å². The van der Waals surface area contributed by atoms with E-state index < -0.39 is 0 Å². The Morgan fingerprint density at radius 2 is 1.87 bits per heavy atom. The number of hydrogen-bond acceptors (Lipinski definition) is 2. The van der Waals surface area contributed by atoms with Crippen LogP contribution >= 0.6 is 0 Å². The summed E-state index contributed by atoms with van der Waals surface area (Å²) in [5.41, 5.74) is 4.08. The molecule has 0 aromatic rings. The van der Waals surface area contributed by atoms with Gasteiger partial charge in [-0.15, -0.1) is 0 Å². The Bertz CT molecular complexity index is 583. The summed E-state index contributed by atoms with van der Waals surface area (Å²) < 4.78 is 12.4. The third-order valence-corrected chi connectivity index (χ3v) is 8.19. The van der Waals surface area contributed by atoms with Crippen LogP contribution in [0.1, 0.15) is 65.2 Å². The lowest BCUT2D eigenvalue weighted by atomic mass is 9.52. The number of hydrogen-bond donors (Lipinski definition) is 0. The highest BCUT2D eigenvalue weighted by molar-refractivity contribution is 5.39. The molecule has 2 saturated carbocycles. The Labute approximate surface area is 140 Å². The third kappa shape index (κ3) is 1.72. The van der Waals surface area contributed by atoms with Gasteiger partial charge in [0.25, 0.3) is 0 Å². The van der Waals surface area contributed by atoms with Crippen molar-refractivity contribution in [1.29, 1.82) is 0 Å². The van der Waals surface area contributed by atoms with Gasteiger partial charge in [-0.25, -0.2) is 0 Å². The number of ether oxygens (including phenoxy) is 2. The Morgan fingerprint density at radius 3 is 2.70 bits per heavy atom. The summed E-state index contributed by atoms with van der Waals surface area (Å²) in [7, 11) is 0. The standard InChI is InChI=1S/C21H30O2/c1-19-10-4-3-5-15(19)6-7-16-17(19)8-11-20(2)18(16)9-12-21(20)22-13-14-23-21/h6,8,16,18H,3-5,7,9-14H2,1-2H3/t16-,18+,19+,20+/m1/s1. The first kappa shape index (κ1) is 14.7. The summed E-state index contributed by atoms with van der Waals surface area (Å²) in [5, 5.41) is 0. The number of fused-ring (bicyclic) bond motifs is 6. The van der Waals surface area contributed by atoms with E-state index in [1.54, 1.807) is 11.1 Å². The van der Waals surface area contributed by atoms with E-state index in [9.17, 15) is 0 Å². The lowest BCUT2D eigenvalue weighted by Crippen LogP contribution is -2.51. The second-order valence-corrected chi connectivity index (χ2v) is 8.99. The van der Waals surface area contributed by atoms with Gasteiger partial charge in [0.05, 0.1) is 13.2 Å². The van der Waals surface area contributed by atoms with E-state index in [2.05, 4.69) is 26.0 Å². The van der Waals surface area contributed by atoms with Crippen molar-refractivity contribution in [3.63, 3.8) is 0 Å². The Morgan fingerprint density at radius 1 is 1.04 bits per heavy atom. The fraction of sp³-hybridized carbons (Fsp3) is 0.810. The summed E-state index contributed by atoms with van der Waals surface area (Å²) in [6.07, 6.45) is 15.5. The molecule has 0 bridgehead atoms. The predicted molar refractivity (Wildman–Crippen MR) is 90.9 cm³/mol. The number of rotatable bonds is 0. The average molecular weight is 314 g/mol. The van der Waals surface area contributed by atoms with E-state index in [1.165, 1.54) is 38.5 Å². The van der Waals surface area contributed by atoms with E-state index in [0.717, 1.165) is 37.9 Å². The van der Waals surface area contributed by atoms with E-state index >= 15 is 0 Å². The molecule has 4 atom stereocenters. The molecule has 0 aromatic heterocycles. The highest BCUT2D eigenvalue weighted by Gasteiger charge is 2.64. The first-order valence-corrected chi connectivity index (χ1v) is 9.77. The molecule has 1 heterocycles. The largest absolute Gasteiger partial charge is 0.347 e. The molecule has 2 heteroatoms. The quantitative estimate of drug-likeness (QED) is 0.586. The zero-order valence-electron chi connectivity index (χ0n) is 14.7. The van der Waals surface area contributed by atoms with Crippen molar-refractivity contribution in [2.75, 3.05) is 13.2 Å². The summed E-state index contributed by atoms with van der Waals surface area (Å²) in [6, 6.07) is 0. The number of allylic oxidation sites excluding steroid dienone is 4. The summed E-state index contributed by atoms with van der Waals surface area (Å²) in [5.74, 6) is 1.18.